The molecule has 8 heteroatoms. The lowest BCUT2D eigenvalue weighted by Gasteiger charge is -2.11. The molecular weight excluding hydrogens is 318 g/mol. The first kappa shape index (κ1) is 17.2. The second kappa shape index (κ2) is 8.46. The van der Waals surface area contributed by atoms with E-state index in [0.717, 1.165) is 56.3 Å². The molecule has 0 aromatic carbocycles. The minimum atomic E-state index is 0.0207. The van der Waals surface area contributed by atoms with Gasteiger partial charge in [-0.05, 0) is 31.4 Å². The fraction of sp³-hybridized carbons (Fsp3) is 0.529. The van der Waals surface area contributed by atoms with Crippen LogP contribution in [-0.2, 0) is 26.1 Å². The summed E-state index contributed by atoms with van der Waals surface area (Å²) < 4.78 is 3.40. The lowest BCUT2D eigenvalue weighted by Crippen LogP contribution is -2.38. The van der Waals surface area contributed by atoms with E-state index in [1.54, 1.807) is 17.9 Å². The summed E-state index contributed by atoms with van der Waals surface area (Å²) in [6.07, 6.45) is 5.68. The highest BCUT2D eigenvalue weighted by Crippen LogP contribution is 2.09. The first-order valence-electron chi connectivity index (χ1n) is 8.79. The number of fused-ring (bicyclic) bond motifs is 1. The summed E-state index contributed by atoms with van der Waals surface area (Å²) in [5.41, 5.74) is 0.980. The number of nitrogens with one attached hydrogen (secondary N) is 2. The minimum absolute atomic E-state index is 0.0207. The van der Waals surface area contributed by atoms with Crippen LogP contribution in [0.3, 0.4) is 0 Å². The highest BCUT2D eigenvalue weighted by molar-refractivity contribution is 5.79. The van der Waals surface area contributed by atoms with Crippen molar-refractivity contribution < 1.29 is 0 Å². The third-order valence-corrected chi connectivity index (χ3v) is 4.26. The Morgan fingerprint density at radius 3 is 3.00 bits per heavy atom. The summed E-state index contributed by atoms with van der Waals surface area (Å²) in [4.78, 5) is 20.7. The van der Waals surface area contributed by atoms with Gasteiger partial charge in [-0.25, -0.2) is 9.48 Å². The molecular formula is C17H25N7O. The summed E-state index contributed by atoms with van der Waals surface area (Å²) in [6, 6.07) is 5.82. The highest BCUT2D eigenvalue weighted by Gasteiger charge is 2.16. The summed E-state index contributed by atoms with van der Waals surface area (Å²) in [5, 5.41) is 10.9. The Morgan fingerprint density at radius 1 is 1.32 bits per heavy atom. The molecule has 0 amide bonds. The first-order valence-corrected chi connectivity index (χ1v) is 8.79. The van der Waals surface area contributed by atoms with Gasteiger partial charge in [0.05, 0.1) is 12.2 Å². The summed E-state index contributed by atoms with van der Waals surface area (Å²) in [6.45, 7) is 2.75. The van der Waals surface area contributed by atoms with Crippen molar-refractivity contribution >= 4 is 5.96 Å². The number of guanidine groups is 1. The van der Waals surface area contributed by atoms with Crippen molar-refractivity contribution in [3.63, 3.8) is 0 Å². The zero-order valence-corrected chi connectivity index (χ0v) is 14.6. The molecule has 134 valence electrons. The Balaban J connectivity index is 1.43. The molecule has 3 rings (SSSR count). The predicted octanol–water partition coefficient (Wildman–Crippen LogP) is 0.531. The van der Waals surface area contributed by atoms with Crippen molar-refractivity contribution in [3.05, 3.63) is 46.4 Å². The van der Waals surface area contributed by atoms with Crippen LogP contribution >= 0.6 is 0 Å². The van der Waals surface area contributed by atoms with E-state index in [-0.39, 0.29) is 5.69 Å². The van der Waals surface area contributed by atoms with Gasteiger partial charge in [0.1, 0.15) is 5.82 Å². The molecule has 0 spiro atoms. The number of pyridine rings is 1. The zero-order valence-electron chi connectivity index (χ0n) is 14.6. The molecule has 0 aliphatic carbocycles. The Bertz CT molecular complexity index is 763. The molecule has 0 unspecified atom stereocenters. The summed E-state index contributed by atoms with van der Waals surface area (Å²) in [7, 11) is 1.74. The predicted molar refractivity (Wildman–Crippen MR) is 96.5 cm³/mol. The van der Waals surface area contributed by atoms with Crippen LogP contribution in [0.5, 0.6) is 0 Å². The molecule has 2 aromatic heterocycles. The van der Waals surface area contributed by atoms with Crippen molar-refractivity contribution in [1.82, 2.24) is 30.0 Å². The maximum atomic E-state index is 12.3. The van der Waals surface area contributed by atoms with Crippen LogP contribution in [-0.4, -0.2) is 38.9 Å². The Morgan fingerprint density at radius 2 is 2.24 bits per heavy atom. The number of rotatable bonds is 6. The van der Waals surface area contributed by atoms with Crippen molar-refractivity contribution in [1.29, 1.82) is 0 Å². The van der Waals surface area contributed by atoms with Gasteiger partial charge in [-0.3, -0.25) is 14.5 Å². The number of nitrogens with zero attached hydrogens (tertiary/aromatic N) is 5. The SMILES string of the molecule is CN=C(NCCCn1nc2n(c1=O)CCCC2)NCc1ccccn1. The van der Waals surface area contributed by atoms with Gasteiger partial charge in [-0.1, -0.05) is 6.07 Å². The average Bonchev–Trinajstić information content (AvgIpc) is 2.98. The molecule has 1 aliphatic rings. The fourth-order valence-electron chi connectivity index (χ4n) is 2.93. The average molecular weight is 343 g/mol. The molecule has 2 aromatic rings. The second-order valence-corrected chi connectivity index (χ2v) is 6.06. The van der Waals surface area contributed by atoms with E-state index >= 15 is 0 Å². The first-order chi connectivity index (χ1) is 12.3. The standard InChI is InChI=1S/C17H25N7O/c1-18-16(21-13-14-7-2-4-9-19-14)20-10-6-12-24-17(25)23-11-5-3-8-15(23)22-24/h2,4,7,9H,3,5-6,8,10-13H2,1H3,(H2,18,20,21). The van der Waals surface area contributed by atoms with Crippen LogP contribution in [0, 0.1) is 0 Å². The van der Waals surface area contributed by atoms with Gasteiger partial charge in [0.15, 0.2) is 5.96 Å². The molecule has 0 atom stereocenters. The number of aromatic nitrogens is 4. The zero-order chi connectivity index (χ0) is 17.5. The summed E-state index contributed by atoms with van der Waals surface area (Å²) in [5.74, 6) is 1.65. The normalized spacial score (nSPS) is 14.2. The quantitative estimate of drug-likeness (QED) is 0.454. The lowest BCUT2D eigenvalue weighted by atomic mass is 10.2. The Hall–Kier alpha value is -2.64. The van der Waals surface area contributed by atoms with Gasteiger partial charge in [-0.2, -0.15) is 5.10 Å². The maximum Gasteiger partial charge on any atom is 0.345 e. The molecule has 0 bridgehead atoms. The number of hydrogen-bond acceptors (Lipinski definition) is 4. The van der Waals surface area contributed by atoms with Gasteiger partial charge in [-0.15, -0.1) is 0 Å². The van der Waals surface area contributed by atoms with Crippen LogP contribution in [0.15, 0.2) is 34.2 Å². The minimum Gasteiger partial charge on any atom is -0.356 e. The van der Waals surface area contributed by atoms with Gasteiger partial charge in [0.25, 0.3) is 0 Å². The van der Waals surface area contributed by atoms with Crippen molar-refractivity contribution in [2.24, 2.45) is 4.99 Å². The molecule has 0 radical (unpaired) electrons. The number of aryl methyl sites for hydroxylation is 2. The molecule has 0 fully saturated rings. The monoisotopic (exact) mass is 343 g/mol. The van der Waals surface area contributed by atoms with E-state index < -0.39 is 0 Å². The third-order valence-electron chi connectivity index (χ3n) is 4.26. The molecule has 0 saturated heterocycles. The van der Waals surface area contributed by atoms with Crippen LogP contribution in [0.2, 0.25) is 0 Å². The van der Waals surface area contributed by atoms with Crippen molar-refractivity contribution in [2.75, 3.05) is 13.6 Å². The molecule has 8 nitrogen and oxygen atoms in total. The van der Waals surface area contributed by atoms with E-state index in [4.69, 9.17) is 0 Å². The Labute approximate surface area is 147 Å². The molecule has 1 aliphatic heterocycles. The largest absolute Gasteiger partial charge is 0.356 e. The highest BCUT2D eigenvalue weighted by atomic mass is 16.2. The molecule has 3 heterocycles. The Kier molecular flexibility index (Phi) is 5.81. The van der Waals surface area contributed by atoms with Gasteiger partial charge in [0, 0.05) is 39.3 Å². The van der Waals surface area contributed by atoms with Crippen LogP contribution < -0.4 is 16.3 Å². The van der Waals surface area contributed by atoms with E-state index in [0.29, 0.717) is 13.1 Å². The van der Waals surface area contributed by atoms with E-state index in [1.807, 2.05) is 22.8 Å². The van der Waals surface area contributed by atoms with Gasteiger partial charge in [0.2, 0.25) is 0 Å². The van der Waals surface area contributed by atoms with Gasteiger partial charge >= 0.3 is 5.69 Å². The van der Waals surface area contributed by atoms with Crippen LogP contribution in [0.1, 0.15) is 30.8 Å². The van der Waals surface area contributed by atoms with Crippen LogP contribution in [0.4, 0.5) is 0 Å². The topological polar surface area (TPSA) is 89.1 Å². The third kappa shape index (κ3) is 4.46. The van der Waals surface area contributed by atoms with E-state index in [1.165, 1.54) is 0 Å². The second-order valence-electron chi connectivity index (χ2n) is 6.06. The van der Waals surface area contributed by atoms with E-state index in [9.17, 15) is 4.79 Å². The number of aliphatic imine (C=N–C) groups is 1. The number of hydrogen-bond donors (Lipinski definition) is 2. The van der Waals surface area contributed by atoms with E-state index in [2.05, 4.69) is 25.7 Å². The van der Waals surface area contributed by atoms with Crippen molar-refractivity contribution in [3.8, 4) is 0 Å². The molecule has 0 saturated carbocycles. The van der Waals surface area contributed by atoms with Crippen LogP contribution in [0.25, 0.3) is 0 Å². The molecule has 25 heavy (non-hydrogen) atoms. The smallest absolute Gasteiger partial charge is 0.345 e. The fourth-order valence-corrected chi connectivity index (χ4v) is 2.93. The summed E-state index contributed by atoms with van der Waals surface area (Å²) >= 11 is 0. The van der Waals surface area contributed by atoms with Gasteiger partial charge < -0.3 is 10.6 Å². The molecule has 2 N–H and O–H groups in total. The lowest BCUT2D eigenvalue weighted by molar-refractivity contribution is 0.509. The maximum absolute atomic E-state index is 12.3. The van der Waals surface area contributed by atoms with Crippen molar-refractivity contribution in [2.45, 2.75) is 45.3 Å².